The molecule has 2 amide bonds. The van der Waals surface area contributed by atoms with Crippen molar-refractivity contribution in [3.05, 3.63) is 98.5 Å². The van der Waals surface area contributed by atoms with E-state index in [1.807, 2.05) is 0 Å². The molecule has 3 atom stereocenters. The number of aryl methyl sites for hydroxylation is 2. The summed E-state index contributed by atoms with van der Waals surface area (Å²) >= 11 is 3.35. The molecule has 0 aromatic heterocycles. The number of carbonyl (C=O) groups is 3. The number of ether oxygens (including phenoxy) is 1. The minimum atomic E-state index is -1.63. The molecule has 3 aromatic rings. The Bertz CT molecular complexity index is 1760. The Morgan fingerprint density at radius 2 is 1.78 bits per heavy atom. The van der Waals surface area contributed by atoms with E-state index in [2.05, 4.69) is 21.2 Å². The molecule has 1 fully saturated rings. The molecule has 0 aliphatic carbocycles. The van der Waals surface area contributed by atoms with Crippen LogP contribution in [0.2, 0.25) is 0 Å². The average Bonchev–Trinajstić information content (AvgIpc) is 3.04. The largest absolute Gasteiger partial charge is 0.507 e. The number of nitrogens with zero attached hydrogens (tertiary/aromatic N) is 2. The number of rotatable bonds is 13. The van der Waals surface area contributed by atoms with Gasteiger partial charge in [0.15, 0.2) is 0 Å². The Hall–Kier alpha value is -4.16. The lowest BCUT2D eigenvalue weighted by Gasteiger charge is -2.46. The number of halogens is 4. The minimum Gasteiger partial charge on any atom is -0.507 e. The van der Waals surface area contributed by atoms with Crippen LogP contribution in [0.5, 0.6) is 5.75 Å². The van der Waals surface area contributed by atoms with Crippen molar-refractivity contribution in [3.8, 4) is 16.9 Å². The molecular formula is C38H43BrF3N3O5. The number of amides is 2. The number of benzene rings is 3. The number of hydrogen-bond donors (Lipinski definition) is 2. The first kappa shape index (κ1) is 38.6. The van der Waals surface area contributed by atoms with Crippen LogP contribution in [0.25, 0.3) is 11.1 Å². The number of hydrogen-bond acceptors (Lipinski definition) is 6. The third-order valence-electron chi connectivity index (χ3n) is 9.00. The summed E-state index contributed by atoms with van der Waals surface area (Å²) in [5.41, 5.74) is 1.88. The summed E-state index contributed by atoms with van der Waals surface area (Å²) < 4.78 is 51.7. The third-order valence-corrected chi connectivity index (χ3v) is 9.50. The highest BCUT2D eigenvalue weighted by Crippen LogP contribution is 2.38. The van der Waals surface area contributed by atoms with Crippen LogP contribution < -0.4 is 5.32 Å². The summed E-state index contributed by atoms with van der Waals surface area (Å²) in [5, 5.41) is 13.5. The summed E-state index contributed by atoms with van der Waals surface area (Å²) in [6, 6.07) is 8.98. The molecule has 0 bridgehead atoms. The zero-order valence-corrected chi connectivity index (χ0v) is 30.6. The molecule has 50 heavy (non-hydrogen) atoms. The molecule has 2 unspecified atom stereocenters. The Morgan fingerprint density at radius 3 is 2.38 bits per heavy atom. The van der Waals surface area contributed by atoms with Gasteiger partial charge in [-0.05, 0) is 94.1 Å². The summed E-state index contributed by atoms with van der Waals surface area (Å²) in [7, 11) is 0. The van der Waals surface area contributed by atoms with Crippen molar-refractivity contribution < 1.29 is 37.4 Å². The average molecular weight is 759 g/mol. The van der Waals surface area contributed by atoms with Gasteiger partial charge in [0, 0.05) is 39.8 Å². The van der Waals surface area contributed by atoms with Gasteiger partial charge in [0.2, 0.25) is 5.91 Å². The zero-order chi connectivity index (χ0) is 36.9. The number of esters is 1. The molecular weight excluding hydrogens is 715 g/mol. The number of phenols is 1. The van der Waals surface area contributed by atoms with Crippen molar-refractivity contribution in [1.29, 1.82) is 0 Å². The number of carbonyl (C=O) groups excluding carboxylic acids is 3. The molecule has 4 rings (SSSR count). The number of phenolic OH excluding ortho intramolecular Hbond substituents is 1. The fraction of sp³-hybridized carbons (Fsp3) is 0.395. The Kier molecular flexibility index (Phi) is 12.9. The highest BCUT2D eigenvalue weighted by atomic mass is 79.9. The lowest BCUT2D eigenvalue weighted by molar-refractivity contribution is -0.150. The first-order valence-corrected chi connectivity index (χ1v) is 17.4. The van der Waals surface area contributed by atoms with Crippen molar-refractivity contribution in [1.82, 2.24) is 15.1 Å². The number of nitrogens with one attached hydrogen (secondary N) is 1. The second kappa shape index (κ2) is 16.7. The molecule has 1 aliphatic rings. The van der Waals surface area contributed by atoms with Gasteiger partial charge in [0.1, 0.15) is 29.6 Å². The topological polar surface area (TPSA) is 99.2 Å². The second-order valence-electron chi connectivity index (χ2n) is 12.4. The van der Waals surface area contributed by atoms with Crippen LogP contribution in [0.1, 0.15) is 74.9 Å². The number of aromatic hydroxyl groups is 1. The Balaban J connectivity index is 1.91. The van der Waals surface area contributed by atoms with Crippen molar-refractivity contribution in [2.24, 2.45) is 0 Å². The SMILES string of the molecule is C/C=C(/CC)C(=O)N(C(C(=O)N[C@@H](CC(=O)OCC)c1cc(-c2c(C)cccc2O)cc(C)c1F)c1cc(Br)ccc1F)C(C)N1CC(F)C1. The van der Waals surface area contributed by atoms with E-state index >= 15 is 8.78 Å². The van der Waals surface area contributed by atoms with Gasteiger partial charge in [-0.2, -0.15) is 0 Å². The maximum atomic E-state index is 16.1. The maximum absolute atomic E-state index is 16.1. The molecule has 12 heteroatoms. The van der Waals surface area contributed by atoms with Crippen molar-refractivity contribution >= 4 is 33.7 Å². The van der Waals surface area contributed by atoms with Crippen LogP contribution in [0.3, 0.4) is 0 Å². The molecule has 0 saturated carbocycles. The van der Waals surface area contributed by atoms with E-state index in [9.17, 15) is 23.9 Å². The summed E-state index contributed by atoms with van der Waals surface area (Å²) in [5.74, 6) is -3.74. The number of likely N-dealkylation sites (tertiary alicyclic amines) is 1. The van der Waals surface area contributed by atoms with Crippen LogP contribution in [0, 0.1) is 25.5 Å². The van der Waals surface area contributed by atoms with E-state index in [-0.39, 0.29) is 42.1 Å². The van der Waals surface area contributed by atoms with E-state index in [1.165, 1.54) is 36.1 Å². The minimum absolute atomic E-state index is 0.00601. The normalized spacial score (nSPS) is 15.5. The molecule has 0 radical (unpaired) electrons. The number of allylic oxidation sites excluding steroid dienone is 1. The lowest BCUT2D eigenvalue weighted by Crippen LogP contribution is -2.61. The van der Waals surface area contributed by atoms with Crippen LogP contribution in [0.4, 0.5) is 13.2 Å². The zero-order valence-electron chi connectivity index (χ0n) is 29.0. The van der Waals surface area contributed by atoms with Crippen molar-refractivity contribution in [2.45, 2.75) is 78.8 Å². The predicted octanol–water partition coefficient (Wildman–Crippen LogP) is 7.75. The Labute approximate surface area is 299 Å². The highest BCUT2D eigenvalue weighted by molar-refractivity contribution is 9.10. The number of alkyl halides is 1. The fourth-order valence-corrected chi connectivity index (χ4v) is 6.70. The smallest absolute Gasteiger partial charge is 0.308 e. The third kappa shape index (κ3) is 8.40. The molecule has 8 nitrogen and oxygen atoms in total. The summed E-state index contributed by atoms with van der Waals surface area (Å²) in [6.45, 7) is 10.0. The van der Waals surface area contributed by atoms with Gasteiger partial charge >= 0.3 is 5.97 Å². The van der Waals surface area contributed by atoms with E-state index in [0.29, 0.717) is 33.2 Å². The van der Waals surface area contributed by atoms with Crippen molar-refractivity contribution in [2.75, 3.05) is 19.7 Å². The second-order valence-corrected chi connectivity index (χ2v) is 13.3. The molecule has 0 spiro atoms. The first-order chi connectivity index (χ1) is 23.7. The van der Waals surface area contributed by atoms with Crippen LogP contribution >= 0.6 is 15.9 Å². The highest BCUT2D eigenvalue weighted by Gasteiger charge is 2.43. The van der Waals surface area contributed by atoms with Crippen LogP contribution in [-0.4, -0.2) is 64.7 Å². The quantitative estimate of drug-likeness (QED) is 0.137. The van der Waals surface area contributed by atoms with E-state index in [0.717, 1.165) is 6.07 Å². The van der Waals surface area contributed by atoms with Gasteiger partial charge in [-0.25, -0.2) is 13.2 Å². The summed E-state index contributed by atoms with van der Waals surface area (Å²) in [6.07, 6.45) is -0.581. The molecule has 3 aromatic carbocycles. The van der Waals surface area contributed by atoms with Gasteiger partial charge in [0.25, 0.3) is 5.91 Å². The van der Waals surface area contributed by atoms with Crippen LogP contribution in [-0.2, 0) is 19.1 Å². The van der Waals surface area contributed by atoms with E-state index < -0.39 is 60.3 Å². The van der Waals surface area contributed by atoms with Crippen LogP contribution in [0.15, 0.2) is 64.7 Å². The van der Waals surface area contributed by atoms with E-state index in [1.54, 1.807) is 63.8 Å². The lowest BCUT2D eigenvalue weighted by atomic mass is 9.92. The standard InChI is InChI=1S/C38H43BrF3N3O5/c1-7-24(8-2)38(49)45(23(6)44-19-27(40)20-44)36(28-17-26(39)13-14-30(28)41)37(48)43-31(18-33(47)50-9-3)29-16-25(15-22(5)35(29)42)34-21(4)11-10-12-32(34)46/h7,10-17,23,27,31,36,46H,8-9,18-20H2,1-6H3,(H,43,48)/b24-7-/t23?,31-,36?/m0/s1. The predicted molar refractivity (Wildman–Crippen MR) is 189 cm³/mol. The van der Waals surface area contributed by atoms with Gasteiger partial charge in [-0.15, -0.1) is 0 Å². The Morgan fingerprint density at radius 1 is 1.08 bits per heavy atom. The molecule has 268 valence electrons. The molecule has 2 N–H and O–H groups in total. The molecule has 1 heterocycles. The first-order valence-electron chi connectivity index (χ1n) is 16.6. The molecule has 1 saturated heterocycles. The molecule has 1 aliphatic heterocycles. The van der Waals surface area contributed by atoms with Crippen molar-refractivity contribution in [3.63, 3.8) is 0 Å². The van der Waals surface area contributed by atoms with E-state index in [4.69, 9.17) is 4.74 Å². The van der Waals surface area contributed by atoms with Gasteiger partial charge in [-0.1, -0.05) is 41.1 Å². The van der Waals surface area contributed by atoms with Gasteiger partial charge in [0.05, 0.1) is 25.2 Å². The fourth-order valence-electron chi connectivity index (χ4n) is 6.32. The summed E-state index contributed by atoms with van der Waals surface area (Å²) in [4.78, 5) is 44.8. The maximum Gasteiger partial charge on any atom is 0.308 e. The monoisotopic (exact) mass is 757 g/mol. The van der Waals surface area contributed by atoms with Gasteiger partial charge < -0.3 is 20.1 Å². The van der Waals surface area contributed by atoms with Gasteiger partial charge in [-0.3, -0.25) is 19.3 Å².